The number of ether oxygens (including phenoxy) is 2. The van der Waals surface area contributed by atoms with Gasteiger partial charge in [-0.25, -0.2) is 0 Å². The summed E-state index contributed by atoms with van der Waals surface area (Å²) in [7, 11) is 3.22. The minimum atomic E-state index is -0.227. The van der Waals surface area contributed by atoms with Crippen LogP contribution in [0.25, 0.3) is 10.2 Å². The van der Waals surface area contributed by atoms with E-state index in [0.29, 0.717) is 28.4 Å². The molecule has 5 nitrogen and oxygen atoms in total. The van der Waals surface area contributed by atoms with Crippen molar-refractivity contribution in [2.75, 3.05) is 14.2 Å². The van der Waals surface area contributed by atoms with Gasteiger partial charge in [0.15, 0.2) is 16.3 Å². The number of carbonyl (C=O) groups excluding carboxylic acids is 1. The first-order valence-corrected chi connectivity index (χ1v) is 9.21. The Balaban J connectivity index is 2.17. The highest BCUT2D eigenvalue weighted by atomic mass is 32.1. The molecule has 136 valence electrons. The van der Waals surface area contributed by atoms with Crippen LogP contribution < -0.4 is 14.3 Å². The van der Waals surface area contributed by atoms with E-state index in [-0.39, 0.29) is 5.91 Å². The molecule has 6 heteroatoms. The summed E-state index contributed by atoms with van der Waals surface area (Å²) in [5, 5.41) is 0. The van der Waals surface area contributed by atoms with Crippen molar-refractivity contribution in [3.8, 4) is 11.5 Å². The van der Waals surface area contributed by atoms with Gasteiger partial charge in [0.2, 0.25) is 0 Å². The first-order chi connectivity index (χ1) is 12.5. The molecule has 1 amide bonds. The monoisotopic (exact) mass is 370 g/mol. The minimum Gasteiger partial charge on any atom is -0.493 e. The molecule has 0 spiro atoms. The average molecular weight is 370 g/mol. The molecule has 0 saturated heterocycles. The predicted molar refractivity (Wildman–Crippen MR) is 104 cm³/mol. The summed E-state index contributed by atoms with van der Waals surface area (Å²) in [6, 6.07) is 9.62. The minimum absolute atomic E-state index is 0.227. The van der Waals surface area contributed by atoms with E-state index in [1.165, 1.54) is 11.3 Å². The third kappa shape index (κ3) is 3.24. The third-order valence-corrected chi connectivity index (χ3v) is 5.35. The van der Waals surface area contributed by atoms with Gasteiger partial charge in [-0.05, 0) is 32.4 Å². The molecule has 0 bridgehead atoms. The molecule has 1 heterocycles. The van der Waals surface area contributed by atoms with Crippen LogP contribution >= 0.6 is 11.3 Å². The predicted octanol–water partition coefficient (Wildman–Crippen LogP) is 4.10. The van der Waals surface area contributed by atoms with Crippen molar-refractivity contribution in [3.05, 3.63) is 51.8 Å². The second kappa shape index (κ2) is 7.33. The molecule has 0 aliphatic heterocycles. The fourth-order valence-electron chi connectivity index (χ4n) is 2.99. The molecule has 0 aliphatic rings. The van der Waals surface area contributed by atoms with Gasteiger partial charge in [-0.1, -0.05) is 29.0 Å². The van der Waals surface area contributed by atoms with Gasteiger partial charge >= 0.3 is 0 Å². The van der Waals surface area contributed by atoms with E-state index in [1.807, 2.05) is 55.7 Å². The molecular weight excluding hydrogens is 348 g/mol. The quantitative estimate of drug-likeness (QED) is 0.695. The van der Waals surface area contributed by atoms with Gasteiger partial charge < -0.3 is 14.0 Å². The van der Waals surface area contributed by atoms with Crippen LogP contribution in [0.15, 0.2) is 35.3 Å². The maximum absolute atomic E-state index is 12.7. The summed E-state index contributed by atoms with van der Waals surface area (Å²) < 4.78 is 13.8. The summed E-state index contributed by atoms with van der Waals surface area (Å²) >= 11 is 1.47. The fraction of sp³-hybridized carbons (Fsp3) is 0.300. The van der Waals surface area contributed by atoms with E-state index in [4.69, 9.17) is 9.47 Å². The highest BCUT2D eigenvalue weighted by molar-refractivity contribution is 7.16. The van der Waals surface area contributed by atoms with Crippen LogP contribution in [-0.2, 0) is 6.54 Å². The van der Waals surface area contributed by atoms with Crippen molar-refractivity contribution in [2.24, 2.45) is 4.99 Å². The lowest BCUT2D eigenvalue weighted by atomic mass is 10.1. The average Bonchev–Trinajstić information content (AvgIpc) is 2.95. The summed E-state index contributed by atoms with van der Waals surface area (Å²) in [6.07, 6.45) is 0. The normalized spacial score (nSPS) is 11.8. The zero-order valence-electron chi connectivity index (χ0n) is 15.6. The number of carbonyl (C=O) groups is 1. The molecule has 3 rings (SSSR count). The van der Waals surface area contributed by atoms with E-state index < -0.39 is 0 Å². The lowest BCUT2D eigenvalue weighted by Gasteiger charge is -2.08. The van der Waals surface area contributed by atoms with Gasteiger partial charge in [-0.2, -0.15) is 4.99 Å². The van der Waals surface area contributed by atoms with Crippen molar-refractivity contribution >= 4 is 27.5 Å². The van der Waals surface area contributed by atoms with Gasteiger partial charge in [-0.3, -0.25) is 4.79 Å². The number of aromatic nitrogens is 1. The van der Waals surface area contributed by atoms with Crippen LogP contribution in [0, 0.1) is 13.8 Å². The lowest BCUT2D eigenvalue weighted by molar-refractivity contribution is 0.0997. The second-order valence-corrected chi connectivity index (χ2v) is 7.05. The largest absolute Gasteiger partial charge is 0.493 e. The summed E-state index contributed by atoms with van der Waals surface area (Å²) in [5.41, 5.74) is 3.67. The Morgan fingerprint density at radius 2 is 1.81 bits per heavy atom. The van der Waals surface area contributed by atoms with E-state index in [0.717, 1.165) is 21.3 Å². The molecule has 1 aromatic heterocycles. The van der Waals surface area contributed by atoms with Crippen molar-refractivity contribution in [1.82, 2.24) is 4.57 Å². The summed E-state index contributed by atoms with van der Waals surface area (Å²) in [5.74, 6) is 1.10. The molecule has 3 aromatic rings. The SMILES string of the molecule is CCn1c(=NC(=O)c2ccc(C)cc2C)sc2cc(OC)c(OC)cc21. The number of thiazole rings is 1. The number of aryl methyl sites for hydroxylation is 3. The molecule has 0 radical (unpaired) electrons. The number of fused-ring (bicyclic) bond motifs is 1. The Kier molecular flexibility index (Phi) is 5.13. The molecule has 0 aliphatic carbocycles. The topological polar surface area (TPSA) is 52.8 Å². The van der Waals surface area contributed by atoms with Gasteiger partial charge in [0.05, 0.1) is 24.4 Å². The smallest absolute Gasteiger partial charge is 0.279 e. The number of methoxy groups -OCH3 is 2. The summed E-state index contributed by atoms with van der Waals surface area (Å²) in [6.45, 7) is 6.68. The number of benzene rings is 2. The van der Waals surface area contributed by atoms with Gasteiger partial charge in [0.25, 0.3) is 5.91 Å². The first-order valence-electron chi connectivity index (χ1n) is 8.40. The highest BCUT2D eigenvalue weighted by Gasteiger charge is 2.13. The summed E-state index contributed by atoms with van der Waals surface area (Å²) in [4.78, 5) is 17.8. The molecule has 2 aromatic carbocycles. The van der Waals surface area contributed by atoms with Crippen LogP contribution in [0.4, 0.5) is 0 Å². The molecule has 0 unspecified atom stereocenters. The Hall–Kier alpha value is -2.60. The highest BCUT2D eigenvalue weighted by Crippen LogP contribution is 2.33. The van der Waals surface area contributed by atoms with Gasteiger partial charge in [0, 0.05) is 24.2 Å². The zero-order valence-corrected chi connectivity index (χ0v) is 16.4. The van der Waals surface area contributed by atoms with Crippen LogP contribution in [0.1, 0.15) is 28.4 Å². The number of hydrogen-bond donors (Lipinski definition) is 0. The third-order valence-electron chi connectivity index (χ3n) is 4.31. The van der Waals surface area contributed by atoms with Crippen molar-refractivity contribution < 1.29 is 14.3 Å². The maximum Gasteiger partial charge on any atom is 0.279 e. The molecular formula is C20H22N2O3S. The Labute approximate surface area is 156 Å². The molecule has 0 saturated carbocycles. The van der Waals surface area contributed by atoms with E-state index in [1.54, 1.807) is 14.2 Å². The van der Waals surface area contributed by atoms with Crippen molar-refractivity contribution in [1.29, 1.82) is 0 Å². The van der Waals surface area contributed by atoms with Crippen LogP contribution in [0.5, 0.6) is 11.5 Å². The molecule has 0 N–H and O–H groups in total. The van der Waals surface area contributed by atoms with E-state index in [2.05, 4.69) is 4.99 Å². The molecule has 0 atom stereocenters. The van der Waals surface area contributed by atoms with Crippen LogP contribution in [0.3, 0.4) is 0 Å². The number of hydrogen-bond acceptors (Lipinski definition) is 4. The van der Waals surface area contributed by atoms with Crippen molar-refractivity contribution in [3.63, 3.8) is 0 Å². The van der Waals surface area contributed by atoms with Gasteiger partial charge in [0.1, 0.15) is 0 Å². The number of amides is 1. The van der Waals surface area contributed by atoms with E-state index in [9.17, 15) is 4.79 Å². The molecule has 26 heavy (non-hydrogen) atoms. The maximum atomic E-state index is 12.7. The fourth-order valence-corrected chi connectivity index (χ4v) is 4.09. The first kappa shape index (κ1) is 18.2. The number of nitrogens with zero attached hydrogens (tertiary/aromatic N) is 2. The lowest BCUT2D eigenvalue weighted by Crippen LogP contribution is -2.16. The zero-order chi connectivity index (χ0) is 18.8. The Bertz CT molecular complexity index is 1050. The molecule has 0 fully saturated rings. The standard InChI is InChI=1S/C20H22N2O3S/c1-6-22-15-10-16(24-4)17(25-5)11-18(15)26-20(22)21-19(23)14-8-7-12(2)9-13(14)3/h7-11H,6H2,1-5H3. The Morgan fingerprint density at radius 1 is 1.12 bits per heavy atom. The van der Waals surface area contributed by atoms with E-state index >= 15 is 0 Å². The second-order valence-electron chi connectivity index (χ2n) is 6.04. The van der Waals surface area contributed by atoms with Crippen molar-refractivity contribution in [2.45, 2.75) is 27.3 Å². The van der Waals surface area contributed by atoms with Crippen LogP contribution in [-0.4, -0.2) is 24.7 Å². The Morgan fingerprint density at radius 3 is 2.42 bits per heavy atom. The van der Waals surface area contributed by atoms with Crippen LogP contribution in [0.2, 0.25) is 0 Å². The van der Waals surface area contributed by atoms with Gasteiger partial charge in [-0.15, -0.1) is 0 Å². The number of rotatable bonds is 4.